The number of hydrogen-bond donors (Lipinski definition) is 0. The van der Waals surface area contributed by atoms with Gasteiger partial charge in [0.05, 0.1) is 0 Å². The molecule has 0 spiro atoms. The summed E-state index contributed by atoms with van der Waals surface area (Å²) in [5.41, 5.74) is 0.476. The van der Waals surface area contributed by atoms with Crippen molar-refractivity contribution in [3.8, 4) is 0 Å². The summed E-state index contributed by atoms with van der Waals surface area (Å²) in [5.74, 6) is 0. The molecule has 0 nitrogen and oxygen atoms in total. The van der Waals surface area contributed by atoms with Crippen molar-refractivity contribution in [2.45, 2.75) is 71.5 Å². The topological polar surface area (TPSA) is 0 Å². The molecule has 14 heavy (non-hydrogen) atoms. The molecule has 0 heterocycles. The van der Waals surface area contributed by atoms with Crippen LogP contribution in [-0.2, 0) is 0 Å². The summed E-state index contributed by atoms with van der Waals surface area (Å²) in [5, 5.41) is 0.837. The van der Waals surface area contributed by atoms with E-state index >= 15 is 0 Å². The van der Waals surface area contributed by atoms with Crippen molar-refractivity contribution in [2.75, 3.05) is 6.26 Å². The highest BCUT2D eigenvalue weighted by molar-refractivity contribution is 7.99. The van der Waals surface area contributed by atoms with E-state index in [1.807, 2.05) is 11.8 Å². The second-order valence-electron chi connectivity index (χ2n) is 5.29. The summed E-state index contributed by atoms with van der Waals surface area (Å²) in [6.45, 7) is 9.36. The Morgan fingerprint density at radius 2 is 1.57 bits per heavy atom. The summed E-state index contributed by atoms with van der Waals surface area (Å²) in [4.78, 5) is 0. The lowest BCUT2D eigenvalue weighted by molar-refractivity contribution is 0.371. The first-order valence-electron chi connectivity index (χ1n) is 6.05. The molecule has 0 aromatic rings. The normalized spacial score (nSPS) is 14.4. The molecule has 1 atom stereocenters. The van der Waals surface area contributed by atoms with Gasteiger partial charge in [-0.25, -0.2) is 0 Å². The molecule has 0 fully saturated rings. The molecule has 0 saturated carbocycles. The molecule has 86 valence electrons. The van der Waals surface area contributed by atoms with Gasteiger partial charge in [-0.2, -0.15) is 11.8 Å². The molecule has 0 bridgehead atoms. The van der Waals surface area contributed by atoms with Crippen LogP contribution in [0.4, 0.5) is 0 Å². The summed E-state index contributed by atoms with van der Waals surface area (Å²) in [6, 6.07) is 0. The highest BCUT2D eigenvalue weighted by Crippen LogP contribution is 2.32. The van der Waals surface area contributed by atoms with E-state index in [9.17, 15) is 0 Å². The highest BCUT2D eigenvalue weighted by Gasteiger charge is 2.22. The van der Waals surface area contributed by atoms with E-state index in [-0.39, 0.29) is 0 Å². The van der Waals surface area contributed by atoms with Gasteiger partial charge in [-0.1, -0.05) is 59.8 Å². The Labute approximate surface area is 95.2 Å². The van der Waals surface area contributed by atoms with Crippen molar-refractivity contribution in [3.63, 3.8) is 0 Å². The van der Waals surface area contributed by atoms with E-state index < -0.39 is 0 Å². The fraction of sp³-hybridized carbons (Fsp3) is 1.00. The molecule has 1 unspecified atom stereocenters. The Hall–Kier alpha value is 0.350. The van der Waals surface area contributed by atoms with Crippen LogP contribution in [0.3, 0.4) is 0 Å². The van der Waals surface area contributed by atoms with Gasteiger partial charge in [0.1, 0.15) is 0 Å². The molecule has 0 aromatic heterocycles. The van der Waals surface area contributed by atoms with Crippen LogP contribution in [0.15, 0.2) is 0 Å². The largest absolute Gasteiger partial charge is 0.161 e. The molecule has 0 amide bonds. The summed E-state index contributed by atoms with van der Waals surface area (Å²) < 4.78 is 0. The molecule has 0 aliphatic rings. The monoisotopic (exact) mass is 216 g/mol. The third-order valence-corrected chi connectivity index (χ3v) is 4.33. The van der Waals surface area contributed by atoms with Gasteiger partial charge in [0.15, 0.2) is 0 Å². The second-order valence-corrected chi connectivity index (χ2v) is 6.33. The first kappa shape index (κ1) is 14.3. The minimum Gasteiger partial charge on any atom is -0.161 e. The van der Waals surface area contributed by atoms with Gasteiger partial charge in [-0.15, -0.1) is 0 Å². The van der Waals surface area contributed by atoms with Crippen LogP contribution < -0.4 is 0 Å². The highest BCUT2D eigenvalue weighted by atomic mass is 32.2. The maximum atomic E-state index is 2.36. The van der Waals surface area contributed by atoms with Crippen molar-refractivity contribution in [1.29, 1.82) is 0 Å². The number of rotatable bonds is 7. The van der Waals surface area contributed by atoms with Gasteiger partial charge < -0.3 is 0 Å². The summed E-state index contributed by atoms with van der Waals surface area (Å²) in [6.07, 6.45) is 10.7. The average Bonchev–Trinajstić information content (AvgIpc) is 2.09. The second kappa shape index (κ2) is 7.62. The quantitative estimate of drug-likeness (QED) is 0.532. The first-order valence-corrected chi connectivity index (χ1v) is 7.34. The zero-order valence-electron chi connectivity index (χ0n) is 10.7. The fourth-order valence-corrected chi connectivity index (χ4v) is 2.95. The van der Waals surface area contributed by atoms with Gasteiger partial charge in [0.2, 0.25) is 0 Å². The first-order chi connectivity index (χ1) is 6.52. The van der Waals surface area contributed by atoms with Gasteiger partial charge in [0, 0.05) is 5.25 Å². The molecular weight excluding hydrogens is 188 g/mol. The summed E-state index contributed by atoms with van der Waals surface area (Å²) in [7, 11) is 0. The molecule has 0 aliphatic heterocycles. The lowest BCUT2D eigenvalue weighted by Crippen LogP contribution is -2.22. The molecule has 0 aromatic carbocycles. The van der Waals surface area contributed by atoms with E-state index in [0.29, 0.717) is 5.41 Å². The van der Waals surface area contributed by atoms with Crippen molar-refractivity contribution in [1.82, 2.24) is 0 Å². The van der Waals surface area contributed by atoms with E-state index in [0.717, 1.165) is 5.25 Å². The van der Waals surface area contributed by atoms with Crippen LogP contribution in [0.1, 0.15) is 66.2 Å². The zero-order valence-corrected chi connectivity index (χ0v) is 11.5. The predicted molar refractivity (Wildman–Crippen MR) is 70.1 cm³/mol. The Bertz CT molecular complexity index is 124. The number of unbranched alkanes of at least 4 members (excludes halogenated alkanes) is 4. The van der Waals surface area contributed by atoms with Crippen LogP contribution >= 0.6 is 11.8 Å². The standard InChI is InChI=1S/C13H28S/c1-6-7-8-9-10-11-12(14-5)13(2,3)4/h12H,6-11H2,1-5H3. The molecular formula is C13H28S. The van der Waals surface area contributed by atoms with E-state index in [2.05, 4.69) is 34.0 Å². The zero-order chi connectivity index (χ0) is 11.0. The molecule has 0 rings (SSSR count). The molecule has 1 heteroatoms. The third-order valence-electron chi connectivity index (χ3n) is 2.82. The number of hydrogen-bond acceptors (Lipinski definition) is 1. The maximum absolute atomic E-state index is 2.36. The SMILES string of the molecule is CCCCCCCC(SC)C(C)(C)C. The molecule has 0 aliphatic carbocycles. The Morgan fingerprint density at radius 1 is 1.00 bits per heavy atom. The van der Waals surface area contributed by atoms with Crippen molar-refractivity contribution in [2.24, 2.45) is 5.41 Å². The lowest BCUT2D eigenvalue weighted by Gasteiger charge is -2.29. The maximum Gasteiger partial charge on any atom is 0.00928 e. The number of thioether (sulfide) groups is 1. The molecule has 0 N–H and O–H groups in total. The van der Waals surface area contributed by atoms with Crippen LogP contribution in [0.2, 0.25) is 0 Å². The minimum absolute atomic E-state index is 0.476. The fourth-order valence-electron chi connectivity index (χ4n) is 1.84. The predicted octanol–water partition coefficient (Wildman–Crippen LogP) is 5.12. The van der Waals surface area contributed by atoms with Crippen molar-refractivity contribution in [3.05, 3.63) is 0 Å². The van der Waals surface area contributed by atoms with Gasteiger partial charge in [0.25, 0.3) is 0 Å². The minimum atomic E-state index is 0.476. The van der Waals surface area contributed by atoms with Gasteiger partial charge >= 0.3 is 0 Å². The van der Waals surface area contributed by atoms with E-state index in [4.69, 9.17) is 0 Å². The van der Waals surface area contributed by atoms with Crippen molar-refractivity contribution < 1.29 is 0 Å². The Balaban J connectivity index is 3.54. The Kier molecular flexibility index (Phi) is 7.81. The lowest BCUT2D eigenvalue weighted by atomic mass is 9.88. The Morgan fingerprint density at radius 3 is 2.00 bits per heavy atom. The van der Waals surface area contributed by atoms with Crippen molar-refractivity contribution >= 4 is 11.8 Å². The van der Waals surface area contributed by atoms with Gasteiger partial charge in [-0.3, -0.25) is 0 Å². The van der Waals surface area contributed by atoms with Gasteiger partial charge in [-0.05, 0) is 18.1 Å². The molecule has 0 radical (unpaired) electrons. The third kappa shape index (κ3) is 6.75. The van der Waals surface area contributed by atoms with E-state index in [1.165, 1.54) is 38.5 Å². The summed E-state index contributed by atoms with van der Waals surface area (Å²) >= 11 is 2.04. The van der Waals surface area contributed by atoms with E-state index in [1.54, 1.807) is 0 Å². The molecule has 0 saturated heterocycles. The van der Waals surface area contributed by atoms with Crippen LogP contribution in [0.25, 0.3) is 0 Å². The van der Waals surface area contributed by atoms with Crippen LogP contribution in [0.5, 0.6) is 0 Å². The van der Waals surface area contributed by atoms with Crippen LogP contribution in [-0.4, -0.2) is 11.5 Å². The smallest absolute Gasteiger partial charge is 0.00928 e. The average molecular weight is 216 g/mol. The van der Waals surface area contributed by atoms with Crippen LogP contribution in [0, 0.1) is 5.41 Å².